The number of ether oxygens (including phenoxy) is 1. The number of aromatic nitrogens is 4. The Balaban J connectivity index is 1.85. The molecule has 2 unspecified atom stereocenters. The van der Waals surface area contributed by atoms with Gasteiger partial charge in [-0.2, -0.15) is 4.80 Å². The van der Waals surface area contributed by atoms with Crippen molar-refractivity contribution in [3.05, 3.63) is 5.82 Å². The lowest BCUT2D eigenvalue weighted by Gasteiger charge is -2.52. The number of rotatable bonds is 3. The maximum absolute atomic E-state index is 12.3. The Hall–Kier alpha value is -1.68. The minimum atomic E-state index is -0.876. The van der Waals surface area contributed by atoms with Crippen molar-refractivity contribution >= 4 is 23.6 Å². The first-order valence-corrected chi connectivity index (χ1v) is 7.52. The van der Waals surface area contributed by atoms with Crippen molar-refractivity contribution in [2.45, 2.75) is 24.9 Å². The topological polar surface area (TPSA) is 116 Å². The maximum atomic E-state index is 12.3. The number of aryl methyl sites for hydroxylation is 1. The van der Waals surface area contributed by atoms with Crippen LogP contribution in [-0.2, 0) is 20.9 Å². The molecule has 2 aliphatic heterocycles. The highest BCUT2D eigenvalue weighted by Crippen LogP contribution is 2.42. The molecule has 0 saturated carbocycles. The highest BCUT2D eigenvalue weighted by atomic mass is 32.2. The van der Waals surface area contributed by atoms with Gasteiger partial charge in [0.15, 0.2) is 5.82 Å². The van der Waals surface area contributed by atoms with Crippen molar-refractivity contribution in [3.63, 3.8) is 0 Å². The fourth-order valence-electron chi connectivity index (χ4n) is 2.69. The molecule has 1 aromatic rings. The number of hydrogen-bond donors (Lipinski definition) is 1. The Labute approximate surface area is 125 Å². The molecule has 2 N–H and O–H groups in total. The molecule has 0 aliphatic carbocycles. The second kappa shape index (κ2) is 4.95. The van der Waals surface area contributed by atoms with Gasteiger partial charge in [0.25, 0.3) is 0 Å². The second-order valence-electron chi connectivity index (χ2n) is 5.33. The molecule has 9 nitrogen and oxygen atoms in total. The zero-order valence-electron chi connectivity index (χ0n) is 11.7. The molecule has 1 amide bonds. The number of carbonyl (C=O) groups excluding carboxylic acids is 2. The Morgan fingerprint density at radius 2 is 2.38 bits per heavy atom. The molecule has 0 radical (unpaired) electrons. The Kier molecular flexibility index (Phi) is 3.36. The van der Waals surface area contributed by atoms with Crippen molar-refractivity contribution in [2.75, 3.05) is 19.4 Å². The molecule has 0 aromatic carbocycles. The number of thioether (sulfide) groups is 1. The first-order chi connectivity index (χ1) is 9.97. The molecule has 0 spiro atoms. The first kappa shape index (κ1) is 14.3. The van der Waals surface area contributed by atoms with Gasteiger partial charge in [0.05, 0.1) is 13.7 Å². The average molecular weight is 312 g/mol. The largest absolute Gasteiger partial charge is 0.468 e. The lowest BCUT2D eigenvalue weighted by molar-refractivity contribution is -0.160. The van der Waals surface area contributed by atoms with Gasteiger partial charge in [0, 0.05) is 12.3 Å². The molecular formula is C11H16N6O3S. The molecule has 10 heteroatoms. The fraction of sp³-hybridized carbons (Fsp3) is 0.727. The minimum Gasteiger partial charge on any atom is -0.468 e. The van der Waals surface area contributed by atoms with Crippen molar-refractivity contribution in [3.8, 4) is 0 Å². The zero-order valence-corrected chi connectivity index (χ0v) is 12.5. The number of esters is 1. The number of nitrogens with two attached hydrogens (primary N) is 1. The third-order valence-electron chi connectivity index (χ3n) is 3.80. The number of amides is 1. The van der Waals surface area contributed by atoms with Gasteiger partial charge >= 0.3 is 5.97 Å². The Bertz CT molecular complexity index is 592. The summed E-state index contributed by atoms with van der Waals surface area (Å²) in [6, 6.07) is -0.475. The third-order valence-corrected chi connectivity index (χ3v) is 5.41. The predicted octanol–water partition coefficient (Wildman–Crippen LogP) is -1.62. The van der Waals surface area contributed by atoms with Crippen LogP contribution in [0.25, 0.3) is 0 Å². The van der Waals surface area contributed by atoms with Gasteiger partial charge in [0.1, 0.15) is 16.8 Å². The fourth-order valence-corrected chi connectivity index (χ4v) is 4.16. The first-order valence-electron chi connectivity index (χ1n) is 6.47. The van der Waals surface area contributed by atoms with Crippen LogP contribution < -0.4 is 5.73 Å². The number of nitrogens with zero attached hydrogens (tertiary/aromatic N) is 5. The van der Waals surface area contributed by atoms with Gasteiger partial charge in [-0.05, 0) is 12.1 Å². The standard InChI is InChI=1S/C11H16N6O3S/c1-6-13-15-17(14-6)4-11(10(19)20-2)3-16-8(18)7(12)9(16)21-5-11/h7,9H,3-5,12H2,1-2H3/t7?,9-,11?/m1/s1. The quantitative estimate of drug-likeness (QED) is 0.523. The normalized spacial score (nSPS) is 31.6. The lowest BCUT2D eigenvalue weighted by atomic mass is 9.87. The summed E-state index contributed by atoms with van der Waals surface area (Å²) in [4.78, 5) is 27.1. The molecule has 2 fully saturated rings. The summed E-state index contributed by atoms with van der Waals surface area (Å²) in [5, 5.41) is 11.8. The van der Waals surface area contributed by atoms with Crippen LogP contribution in [0.15, 0.2) is 0 Å². The number of fused-ring (bicyclic) bond motifs is 1. The Morgan fingerprint density at radius 3 is 3.00 bits per heavy atom. The van der Waals surface area contributed by atoms with Crippen molar-refractivity contribution in [2.24, 2.45) is 11.1 Å². The number of carbonyl (C=O) groups is 2. The van der Waals surface area contributed by atoms with E-state index in [-0.39, 0.29) is 30.3 Å². The van der Waals surface area contributed by atoms with Crippen LogP contribution in [0.3, 0.4) is 0 Å². The smallest absolute Gasteiger partial charge is 0.316 e. The highest BCUT2D eigenvalue weighted by molar-refractivity contribution is 8.00. The van der Waals surface area contributed by atoms with Crippen LogP contribution in [0.2, 0.25) is 0 Å². The molecule has 0 bridgehead atoms. The molecule has 114 valence electrons. The molecule has 3 rings (SSSR count). The average Bonchev–Trinajstić information content (AvgIpc) is 2.90. The second-order valence-corrected chi connectivity index (χ2v) is 6.44. The maximum Gasteiger partial charge on any atom is 0.316 e. The summed E-state index contributed by atoms with van der Waals surface area (Å²) in [6.07, 6.45) is 0. The van der Waals surface area contributed by atoms with Crippen LogP contribution in [0.4, 0.5) is 0 Å². The minimum absolute atomic E-state index is 0.0549. The molecule has 3 heterocycles. The van der Waals surface area contributed by atoms with Gasteiger partial charge in [-0.3, -0.25) is 9.59 Å². The number of β-lactam (4-membered cyclic amide) rings is 1. The van der Waals surface area contributed by atoms with E-state index in [1.165, 1.54) is 23.7 Å². The molecule has 2 saturated heterocycles. The van der Waals surface area contributed by atoms with Crippen molar-refractivity contribution < 1.29 is 14.3 Å². The van der Waals surface area contributed by atoms with Crippen molar-refractivity contribution in [1.82, 2.24) is 25.1 Å². The lowest BCUT2D eigenvalue weighted by Crippen LogP contribution is -2.72. The van der Waals surface area contributed by atoms with Crippen molar-refractivity contribution in [1.29, 1.82) is 0 Å². The molecule has 3 atom stereocenters. The summed E-state index contributed by atoms with van der Waals surface area (Å²) in [5.74, 6) is 0.515. The van der Waals surface area contributed by atoms with Gasteiger partial charge < -0.3 is 15.4 Å². The van der Waals surface area contributed by atoms with E-state index in [1.54, 1.807) is 11.8 Å². The zero-order chi connectivity index (χ0) is 15.2. The number of methoxy groups -OCH3 is 1. The van der Waals surface area contributed by atoms with Gasteiger partial charge in [-0.1, -0.05) is 0 Å². The summed E-state index contributed by atoms with van der Waals surface area (Å²) in [5.41, 5.74) is 4.89. The highest BCUT2D eigenvalue weighted by Gasteiger charge is 2.56. The predicted molar refractivity (Wildman–Crippen MR) is 72.9 cm³/mol. The summed E-state index contributed by atoms with van der Waals surface area (Å²) >= 11 is 1.49. The van der Waals surface area contributed by atoms with E-state index < -0.39 is 11.5 Å². The third kappa shape index (κ3) is 2.18. The van der Waals surface area contributed by atoms with E-state index in [0.29, 0.717) is 11.6 Å². The van der Waals surface area contributed by atoms with Crippen LogP contribution >= 0.6 is 11.8 Å². The van der Waals surface area contributed by atoms with Crippen LogP contribution in [0.5, 0.6) is 0 Å². The summed E-state index contributed by atoms with van der Waals surface area (Å²) in [7, 11) is 1.34. The molecule has 1 aromatic heterocycles. The van der Waals surface area contributed by atoms with E-state index in [9.17, 15) is 9.59 Å². The van der Waals surface area contributed by atoms with Crippen LogP contribution in [-0.4, -0.2) is 67.8 Å². The van der Waals surface area contributed by atoms with E-state index >= 15 is 0 Å². The SMILES string of the molecule is COC(=O)C1(Cn2nnc(C)n2)CS[C@@H]2C(N)C(=O)N2C1. The van der Waals surface area contributed by atoms with E-state index in [0.717, 1.165) is 0 Å². The van der Waals surface area contributed by atoms with Gasteiger partial charge in [0.2, 0.25) is 5.91 Å². The van der Waals surface area contributed by atoms with Crippen LogP contribution in [0, 0.1) is 12.3 Å². The molecular weight excluding hydrogens is 296 g/mol. The Morgan fingerprint density at radius 1 is 1.62 bits per heavy atom. The van der Waals surface area contributed by atoms with E-state index in [4.69, 9.17) is 10.5 Å². The van der Waals surface area contributed by atoms with Gasteiger partial charge in [-0.15, -0.1) is 22.0 Å². The summed E-state index contributed by atoms with van der Waals surface area (Å²) in [6.45, 7) is 2.21. The molecule has 21 heavy (non-hydrogen) atoms. The van der Waals surface area contributed by atoms with E-state index in [2.05, 4.69) is 15.4 Å². The number of hydrogen-bond acceptors (Lipinski definition) is 8. The van der Waals surface area contributed by atoms with Gasteiger partial charge in [-0.25, -0.2) is 0 Å². The molecule has 2 aliphatic rings. The van der Waals surface area contributed by atoms with Crippen LogP contribution in [0.1, 0.15) is 5.82 Å². The summed E-state index contributed by atoms with van der Waals surface area (Å²) < 4.78 is 4.93. The number of tetrazole rings is 1. The monoisotopic (exact) mass is 312 g/mol. The van der Waals surface area contributed by atoms with E-state index in [1.807, 2.05) is 0 Å².